The second-order valence-corrected chi connectivity index (χ2v) is 6.35. The highest BCUT2D eigenvalue weighted by Crippen LogP contribution is 2.27. The molecule has 0 amide bonds. The molecule has 0 saturated heterocycles. The molecule has 0 bridgehead atoms. The third-order valence-electron chi connectivity index (χ3n) is 4.16. The fraction of sp³-hybridized carbons (Fsp3) is 0.529. The smallest absolute Gasteiger partial charge is 0.162 e. The fourth-order valence-corrected chi connectivity index (χ4v) is 2.94. The molecule has 2 heterocycles. The van der Waals surface area contributed by atoms with Crippen LogP contribution in [0.5, 0.6) is 0 Å². The lowest BCUT2D eigenvalue weighted by Crippen LogP contribution is -2.32. The van der Waals surface area contributed by atoms with Gasteiger partial charge in [-0.25, -0.2) is 4.98 Å². The zero-order valence-electron chi connectivity index (χ0n) is 13.9. The summed E-state index contributed by atoms with van der Waals surface area (Å²) in [6.45, 7) is 10.3. The lowest BCUT2D eigenvalue weighted by atomic mass is 10.1. The van der Waals surface area contributed by atoms with Crippen LogP contribution in [0.25, 0.3) is 5.65 Å². The van der Waals surface area contributed by atoms with Gasteiger partial charge in [-0.3, -0.25) is 0 Å². The molecule has 0 aliphatic rings. The molecule has 0 spiro atoms. The van der Waals surface area contributed by atoms with Gasteiger partial charge in [-0.05, 0) is 25.2 Å². The molecule has 1 unspecified atom stereocenters. The fourth-order valence-electron chi connectivity index (χ4n) is 2.76. The van der Waals surface area contributed by atoms with E-state index in [4.69, 9.17) is 11.6 Å². The first-order valence-corrected chi connectivity index (χ1v) is 8.25. The minimum atomic E-state index is 0.365. The maximum absolute atomic E-state index is 6.26. The molecule has 1 atom stereocenters. The van der Waals surface area contributed by atoms with Crippen molar-refractivity contribution < 1.29 is 0 Å². The number of nitrogens with zero attached hydrogens (tertiary/aromatic N) is 4. The Morgan fingerprint density at radius 3 is 2.77 bits per heavy atom. The molecule has 0 aliphatic carbocycles. The molecular weight excluding hydrogens is 296 g/mol. The van der Waals surface area contributed by atoms with E-state index in [1.54, 1.807) is 0 Å². The van der Waals surface area contributed by atoms with Crippen molar-refractivity contribution in [2.75, 3.05) is 11.9 Å². The quantitative estimate of drug-likeness (QED) is 0.548. The number of anilines is 1. The Labute approximate surface area is 137 Å². The summed E-state index contributed by atoms with van der Waals surface area (Å²) in [5.74, 6) is 1.35. The number of halogens is 1. The van der Waals surface area contributed by atoms with Crippen LogP contribution >= 0.6 is 11.6 Å². The molecule has 0 saturated carbocycles. The van der Waals surface area contributed by atoms with Gasteiger partial charge in [0.1, 0.15) is 11.0 Å². The Balaban J connectivity index is 2.47. The molecule has 22 heavy (non-hydrogen) atoms. The van der Waals surface area contributed by atoms with Crippen LogP contribution in [-0.2, 0) is 0 Å². The highest BCUT2D eigenvalue weighted by molar-refractivity contribution is 6.29. The third kappa shape index (κ3) is 3.27. The molecular formula is C17H25ClN4. The molecule has 120 valence electrons. The summed E-state index contributed by atoms with van der Waals surface area (Å²) >= 11 is 6.26. The monoisotopic (exact) mass is 320 g/mol. The van der Waals surface area contributed by atoms with Crippen molar-refractivity contribution in [2.24, 2.45) is 0 Å². The first-order valence-electron chi connectivity index (χ1n) is 7.87. The number of rotatable bonds is 7. The Morgan fingerprint density at radius 2 is 2.18 bits per heavy atom. The van der Waals surface area contributed by atoms with E-state index >= 15 is 0 Å². The standard InChI is InChI=1S/C17H25ClN4/c1-6-8-9-13(7-2)21(5)16-10-15(18)20-17-14(12(3)4)11-19-22(16)17/h6,10-13H,1,7-9H2,2-5H3. The second-order valence-electron chi connectivity index (χ2n) is 5.97. The highest BCUT2D eigenvalue weighted by atomic mass is 35.5. The average Bonchev–Trinajstić information content (AvgIpc) is 2.90. The van der Waals surface area contributed by atoms with Gasteiger partial charge in [0.15, 0.2) is 5.65 Å². The summed E-state index contributed by atoms with van der Waals surface area (Å²) in [7, 11) is 2.10. The van der Waals surface area contributed by atoms with Crippen molar-refractivity contribution in [2.45, 2.75) is 52.0 Å². The van der Waals surface area contributed by atoms with Gasteiger partial charge in [0, 0.05) is 24.7 Å². The minimum absolute atomic E-state index is 0.365. The van der Waals surface area contributed by atoms with E-state index in [0.29, 0.717) is 17.1 Å². The van der Waals surface area contributed by atoms with Gasteiger partial charge in [0.05, 0.1) is 6.20 Å². The van der Waals surface area contributed by atoms with Crippen LogP contribution in [0.15, 0.2) is 24.9 Å². The largest absolute Gasteiger partial charge is 0.356 e. The van der Waals surface area contributed by atoms with E-state index in [-0.39, 0.29) is 0 Å². The Hall–Kier alpha value is -1.55. The normalized spacial score (nSPS) is 12.8. The van der Waals surface area contributed by atoms with Gasteiger partial charge in [-0.15, -0.1) is 6.58 Å². The zero-order valence-corrected chi connectivity index (χ0v) is 14.6. The molecule has 4 nitrogen and oxygen atoms in total. The minimum Gasteiger partial charge on any atom is -0.356 e. The molecule has 0 aliphatic heterocycles. The van der Waals surface area contributed by atoms with Gasteiger partial charge < -0.3 is 4.90 Å². The van der Waals surface area contributed by atoms with Crippen LogP contribution < -0.4 is 4.90 Å². The summed E-state index contributed by atoms with van der Waals surface area (Å²) in [4.78, 5) is 6.72. The molecule has 2 aromatic heterocycles. The lowest BCUT2D eigenvalue weighted by Gasteiger charge is -2.29. The van der Waals surface area contributed by atoms with Crippen LogP contribution in [-0.4, -0.2) is 27.7 Å². The molecule has 2 aromatic rings. The van der Waals surface area contributed by atoms with E-state index in [0.717, 1.165) is 36.3 Å². The molecule has 0 radical (unpaired) electrons. The summed E-state index contributed by atoms with van der Waals surface area (Å²) < 4.78 is 1.90. The van der Waals surface area contributed by atoms with E-state index in [2.05, 4.69) is 49.4 Å². The van der Waals surface area contributed by atoms with Crippen molar-refractivity contribution in [3.8, 4) is 0 Å². The second kappa shape index (κ2) is 7.14. The van der Waals surface area contributed by atoms with Crippen molar-refractivity contribution in [3.05, 3.63) is 35.6 Å². The molecule has 0 aromatic carbocycles. The van der Waals surface area contributed by atoms with Gasteiger partial charge in [-0.2, -0.15) is 9.61 Å². The number of hydrogen-bond donors (Lipinski definition) is 0. The van der Waals surface area contributed by atoms with Crippen LogP contribution in [0.4, 0.5) is 5.82 Å². The molecule has 5 heteroatoms. The molecule has 0 N–H and O–H groups in total. The van der Waals surface area contributed by atoms with Crippen LogP contribution in [0.1, 0.15) is 51.5 Å². The number of hydrogen-bond acceptors (Lipinski definition) is 3. The Morgan fingerprint density at radius 1 is 1.45 bits per heavy atom. The van der Waals surface area contributed by atoms with Crippen molar-refractivity contribution in [1.29, 1.82) is 0 Å². The van der Waals surface area contributed by atoms with Crippen LogP contribution in [0.3, 0.4) is 0 Å². The molecule has 0 fully saturated rings. The summed E-state index contributed by atoms with van der Waals surface area (Å²) in [5, 5.41) is 5.04. The molecule has 2 rings (SSSR count). The van der Waals surface area contributed by atoms with Gasteiger partial charge in [0.2, 0.25) is 0 Å². The lowest BCUT2D eigenvalue weighted by molar-refractivity contribution is 0.561. The Bertz CT molecular complexity index is 647. The van der Waals surface area contributed by atoms with E-state index < -0.39 is 0 Å². The maximum Gasteiger partial charge on any atom is 0.162 e. The Kier molecular flexibility index (Phi) is 5.46. The third-order valence-corrected chi connectivity index (χ3v) is 4.35. The predicted molar refractivity (Wildman–Crippen MR) is 94.0 cm³/mol. The maximum atomic E-state index is 6.26. The van der Waals surface area contributed by atoms with Gasteiger partial charge in [0.25, 0.3) is 0 Å². The SMILES string of the molecule is C=CCCC(CC)N(C)c1cc(Cl)nc2c(C(C)C)cnn12. The number of fused-ring (bicyclic) bond motifs is 1. The van der Waals surface area contributed by atoms with Gasteiger partial charge in [-0.1, -0.05) is 38.4 Å². The van der Waals surface area contributed by atoms with Gasteiger partial charge >= 0.3 is 0 Å². The predicted octanol–water partition coefficient (Wildman–Crippen LogP) is 4.69. The van der Waals surface area contributed by atoms with E-state index in [9.17, 15) is 0 Å². The first kappa shape index (κ1) is 16.8. The van der Waals surface area contributed by atoms with Crippen molar-refractivity contribution in [1.82, 2.24) is 14.6 Å². The van der Waals surface area contributed by atoms with Crippen LogP contribution in [0, 0.1) is 0 Å². The highest BCUT2D eigenvalue weighted by Gasteiger charge is 2.19. The topological polar surface area (TPSA) is 33.4 Å². The summed E-state index contributed by atoms with van der Waals surface area (Å²) in [6.07, 6.45) is 6.99. The number of allylic oxidation sites excluding steroid dienone is 1. The first-order chi connectivity index (χ1) is 10.5. The van der Waals surface area contributed by atoms with Crippen LogP contribution in [0.2, 0.25) is 5.15 Å². The van der Waals surface area contributed by atoms with Crippen molar-refractivity contribution in [3.63, 3.8) is 0 Å². The summed E-state index contributed by atoms with van der Waals surface area (Å²) in [6, 6.07) is 2.31. The summed E-state index contributed by atoms with van der Waals surface area (Å²) in [5.41, 5.74) is 1.97. The van der Waals surface area contributed by atoms with E-state index in [1.807, 2.05) is 22.9 Å². The number of aromatic nitrogens is 3. The average molecular weight is 321 g/mol. The van der Waals surface area contributed by atoms with Crippen molar-refractivity contribution >= 4 is 23.1 Å². The van der Waals surface area contributed by atoms with E-state index in [1.165, 1.54) is 0 Å². The zero-order chi connectivity index (χ0) is 16.3.